The monoisotopic (exact) mass is 336 g/mol. The molecule has 1 aliphatic rings. The molecule has 112 valence electrons. The van der Waals surface area contributed by atoms with Crippen molar-refractivity contribution in [1.82, 2.24) is 10.6 Å². The summed E-state index contributed by atoms with van der Waals surface area (Å²) in [7, 11) is 0. The van der Waals surface area contributed by atoms with E-state index in [0.717, 1.165) is 25.1 Å². The number of hydrogen-bond acceptors (Lipinski definition) is 2. The van der Waals surface area contributed by atoms with Gasteiger partial charge in [0.15, 0.2) is 0 Å². The standard InChI is InChI=1S/C14H18Cl2N2O.ClH/c1-2-17-5-6-18-14(19)12-8-11(12)10-4-3-9(15)7-13(10)16;/h3-4,7,11-12,17H,2,5-6,8H2,1H3,(H,18,19);1H. The van der Waals surface area contributed by atoms with Crippen molar-refractivity contribution in [3.05, 3.63) is 33.8 Å². The van der Waals surface area contributed by atoms with Crippen molar-refractivity contribution in [1.29, 1.82) is 0 Å². The molecule has 0 aromatic heterocycles. The van der Waals surface area contributed by atoms with E-state index in [9.17, 15) is 4.79 Å². The van der Waals surface area contributed by atoms with E-state index in [1.54, 1.807) is 6.07 Å². The summed E-state index contributed by atoms with van der Waals surface area (Å²) in [6.07, 6.45) is 0.869. The number of carbonyl (C=O) groups excluding carboxylic acids is 1. The Hall–Kier alpha value is -0.480. The maximum absolute atomic E-state index is 11.9. The van der Waals surface area contributed by atoms with Gasteiger partial charge in [0, 0.05) is 29.1 Å². The Morgan fingerprint density at radius 2 is 2.10 bits per heavy atom. The molecule has 1 aromatic rings. The van der Waals surface area contributed by atoms with Crippen molar-refractivity contribution < 1.29 is 4.79 Å². The number of rotatable bonds is 6. The number of amides is 1. The van der Waals surface area contributed by atoms with Gasteiger partial charge in [-0.3, -0.25) is 4.79 Å². The van der Waals surface area contributed by atoms with Crippen LogP contribution in [-0.4, -0.2) is 25.5 Å². The highest BCUT2D eigenvalue weighted by atomic mass is 35.5. The van der Waals surface area contributed by atoms with Crippen molar-refractivity contribution in [3.8, 4) is 0 Å². The molecular formula is C14H19Cl3N2O. The highest BCUT2D eigenvalue weighted by Gasteiger charge is 2.44. The number of nitrogens with one attached hydrogen (secondary N) is 2. The highest BCUT2D eigenvalue weighted by Crippen LogP contribution is 2.49. The van der Waals surface area contributed by atoms with Crippen LogP contribution in [0.4, 0.5) is 0 Å². The van der Waals surface area contributed by atoms with E-state index in [2.05, 4.69) is 10.6 Å². The Morgan fingerprint density at radius 1 is 1.35 bits per heavy atom. The van der Waals surface area contributed by atoms with Crippen LogP contribution in [0.25, 0.3) is 0 Å². The molecule has 0 radical (unpaired) electrons. The van der Waals surface area contributed by atoms with Gasteiger partial charge in [-0.05, 0) is 36.6 Å². The summed E-state index contributed by atoms with van der Waals surface area (Å²) >= 11 is 12.0. The van der Waals surface area contributed by atoms with Crippen LogP contribution in [0.1, 0.15) is 24.8 Å². The first kappa shape index (κ1) is 17.6. The molecule has 0 spiro atoms. The Labute approximate surface area is 135 Å². The third-order valence-corrected chi connectivity index (χ3v) is 3.90. The van der Waals surface area contributed by atoms with Gasteiger partial charge in [0.1, 0.15) is 0 Å². The van der Waals surface area contributed by atoms with Gasteiger partial charge in [0.05, 0.1) is 0 Å². The Bertz CT molecular complexity index is 468. The number of hydrogen-bond donors (Lipinski definition) is 2. The summed E-state index contributed by atoms with van der Waals surface area (Å²) in [6.45, 7) is 4.44. The van der Waals surface area contributed by atoms with Crippen LogP contribution in [0.2, 0.25) is 10.0 Å². The maximum atomic E-state index is 11.9. The zero-order valence-electron chi connectivity index (χ0n) is 11.3. The van der Waals surface area contributed by atoms with Crippen LogP contribution in [-0.2, 0) is 4.79 Å². The summed E-state index contributed by atoms with van der Waals surface area (Å²) in [4.78, 5) is 11.9. The van der Waals surface area contributed by atoms with Crippen molar-refractivity contribution in [2.75, 3.05) is 19.6 Å². The van der Waals surface area contributed by atoms with Crippen LogP contribution >= 0.6 is 35.6 Å². The molecule has 2 atom stereocenters. The molecule has 20 heavy (non-hydrogen) atoms. The Morgan fingerprint density at radius 3 is 2.75 bits per heavy atom. The molecule has 1 aliphatic carbocycles. The van der Waals surface area contributed by atoms with Crippen LogP contribution in [0.5, 0.6) is 0 Å². The lowest BCUT2D eigenvalue weighted by Gasteiger charge is -2.06. The Kier molecular flexibility index (Phi) is 7.10. The second kappa shape index (κ2) is 8.08. The number of likely N-dealkylation sites (N-methyl/N-ethyl adjacent to an activating group) is 1. The fraction of sp³-hybridized carbons (Fsp3) is 0.500. The van der Waals surface area contributed by atoms with E-state index in [1.165, 1.54) is 0 Å². The summed E-state index contributed by atoms with van der Waals surface area (Å²) in [5.74, 6) is 0.415. The molecule has 1 saturated carbocycles. The van der Waals surface area contributed by atoms with Gasteiger partial charge in [0.2, 0.25) is 5.91 Å². The zero-order valence-corrected chi connectivity index (χ0v) is 13.6. The lowest BCUT2D eigenvalue weighted by atomic mass is 10.1. The minimum atomic E-state index is 0. The van der Waals surface area contributed by atoms with Crippen molar-refractivity contribution >= 4 is 41.5 Å². The zero-order chi connectivity index (χ0) is 13.8. The second-order valence-electron chi connectivity index (χ2n) is 4.76. The summed E-state index contributed by atoms with van der Waals surface area (Å²) in [5.41, 5.74) is 1.03. The van der Waals surface area contributed by atoms with Crippen molar-refractivity contribution in [2.24, 2.45) is 5.92 Å². The molecule has 0 saturated heterocycles. The second-order valence-corrected chi connectivity index (χ2v) is 5.60. The smallest absolute Gasteiger partial charge is 0.223 e. The average Bonchev–Trinajstić information content (AvgIpc) is 3.14. The van der Waals surface area contributed by atoms with Crippen LogP contribution in [0.3, 0.4) is 0 Å². The predicted molar refractivity (Wildman–Crippen MR) is 86.1 cm³/mol. The summed E-state index contributed by atoms with van der Waals surface area (Å²) in [6, 6.07) is 5.47. The number of halogens is 3. The normalized spacial score (nSPS) is 20.1. The molecule has 0 aliphatic heterocycles. The maximum Gasteiger partial charge on any atom is 0.223 e. The van der Waals surface area contributed by atoms with Crippen LogP contribution in [0, 0.1) is 5.92 Å². The first-order chi connectivity index (χ1) is 9.13. The minimum absolute atomic E-state index is 0. The molecule has 0 bridgehead atoms. The topological polar surface area (TPSA) is 41.1 Å². The summed E-state index contributed by atoms with van der Waals surface area (Å²) < 4.78 is 0. The fourth-order valence-electron chi connectivity index (χ4n) is 2.21. The third-order valence-electron chi connectivity index (χ3n) is 3.34. The predicted octanol–water partition coefficient (Wildman–Crippen LogP) is 3.24. The molecule has 2 rings (SSSR count). The van der Waals surface area contributed by atoms with Gasteiger partial charge in [-0.25, -0.2) is 0 Å². The van der Waals surface area contributed by atoms with E-state index in [1.807, 2.05) is 19.1 Å². The van der Waals surface area contributed by atoms with Gasteiger partial charge in [-0.15, -0.1) is 12.4 Å². The van der Waals surface area contributed by atoms with E-state index in [-0.39, 0.29) is 30.2 Å². The lowest BCUT2D eigenvalue weighted by molar-refractivity contribution is -0.122. The van der Waals surface area contributed by atoms with E-state index < -0.39 is 0 Å². The SMILES string of the molecule is CCNCCNC(=O)C1CC1c1ccc(Cl)cc1Cl.Cl. The molecule has 2 N–H and O–H groups in total. The lowest BCUT2D eigenvalue weighted by Crippen LogP contribution is -2.32. The first-order valence-corrected chi connectivity index (χ1v) is 7.32. The summed E-state index contributed by atoms with van der Waals surface area (Å²) in [5, 5.41) is 7.39. The highest BCUT2D eigenvalue weighted by molar-refractivity contribution is 6.35. The molecule has 1 fully saturated rings. The minimum Gasteiger partial charge on any atom is -0.355 e. The van der Waals surface area contributed by atoms with Gasteiger partial charge in [-0.1, -0.05) is 36.2 Å². The molecule has 0 heterocycles. The van der Waals surface area contributed by atoms with Gasteiger partial charge in [0.25, 0.3) is 0 Å². The molecular weight excluding hydrogens is 319 g/mol. The molecule has 6 heteroatoms. The molecule has 3 nitrogen and oxygen atoms in total. The van der Waals surface area contributed by atoms with Crippen molar-refractivity contribution in [2.45, 2.75) is 19.3 Å². The first-order valence-electron chi connectivity index (χ1n) is 6.57. The molecule has 1 aromatic carbocycles. The molecule has 1 amide bonds. The van der Waals surface area contributed by atoms with Crippen molar-refractivity contribution in [3.63, 3.8) is 0 Å². The Balaban J connectivity index is 0.00000200. The largest absolute Gasteiger partial charge is 0.355 e. The molecule has 2 unspecified atom stereocenters. The van der Waals surface area contributed by atoms with Crippen LogP contribution < -0.4 is 10.6 Å². The van der Waals surface area contributed by atoms with Gasteiger partial charge < -0.3 is 10.6 Å². The van der Waals surface area contributed by atoms with Gasteiger partial charge >= 0.3 is 0 Å². The number of benzene rings is 1. The fourth-order valence-corrected chi connectivity index (χ4v) is 2.76. The van der Waals surface area contributed by atoms with Crippen LogP contribution in [0.15, 0.2) is 18.2 Å². The van der Waals surface area contributed by atoms with E-state index in [0.29, 0.717) is 16.6 Å². The average molecular weight is 338 g/mol. The van der Waals surface area contributed by atoms with Gasteiger partial charge in [-0.2, -0.15) is 0 Å². The van der Waals surface area contributed by atoms with E-state index >= 15 is 0 Å². The van der Waals surface area contributed by atoms with E-state index in [4.69, 9.17) is 23.2 Å². The third kappa shape index (κ3) is 4.52. The number of carbonyl (C=O) groups is 1. The quantitative estimate of drug-likeness (QED) is 0.782.